The number of fused-ring (bicyclic) bond motifs is 1. The molecule has 0 spiro atoms. The van der Waals surface area contributed by atoms with E-state index in [0.717, 1.165) is 70.9 Å². The van der Waals surface area contributed by atoms with Crippen LogP contribution in [0.5, 0.6) is 5.75 Å². The second kappa shape index (κ2) is 14.4. The van der Waals surface area contributed by atoms with E-state index >= 15 is 0 Å². The smallest absolute Gasteiger partial charge is 0.306 e. The lowest BCUT2D eigenvalue weighted by Gasteiger charge is -2.40. The summed E-state index contributed by atoms with van der Waals surface area (Å²) in [5, 5.41) is 3.27. The number of morpholine rings is 1. The first kappa shape index (κ1) is 28.9. The van der Waals surface area contributed by atoms with E-state index in [1.54, 1.807) is 12.1 Å². The largest absolute Gasteiger partial charge is 0.493 e. The van der Waals surface area contributed by atoms with Crippen molar-refractivity contribution in [1.82, 2.24) is 15.1 Å². The molecule has 1 aromatic carbocycles. The zero-order chi connectivity index (χ0) is 26.9. The number of anilines is 1. The monoisotopic (exact) mass is 550 g/mol. The molecule has 1 amide bonds. The topological polar surface area (TPSA) is 106 Å². The summed E-state index contributed by atoms with van der Waals surface area (Å²) in [5.41, 5.74) is 6.60. The van der Waals surface area contributed by atoms with Crippen LogP contribution in [0.2, 0.25) is 5.02 Å². The summed E-state index contributed by atoms with van der Waals surface area (Å²) in [4.78, 5) is 30.0. The fourth-order valence-corrected chi connectivity index (χ4v) is 5.71. The van der Waals surface area contributed by atoms with Crippen LogP contribution in [-0.2, 0) is 14.3 Å². The molecule has 2 unspecified atom stereocenters. The number of carbonyl (C=O) groups is 2. The number of nitrogens with zero attached hydrogens (tertiary/aromatic N) is 2. The van der Waals surface area contributed by atoms with E-state index in [0.29, 0.717) is 48.2 Å². The maximum absolute atomic E-state index is 12.8. The molecular formula is C28H43ClN4O5. The molecule has 0 saturated carbocycles. The number of esters is 1. The van der Waals surface area contributed by atoms with Crippen LogP contribution >= 0.6 is 11.6 Å². The van der Waals surface area contributed by atoms with Crippen LogP contribution in [0.25, 0.3) is 0 Å². The normalized spacial score (nSPS) is 24.1. The van der Waals surface area contributed by atoms with Crippen LogP contribution in [0.1, 0.15) is 68.6 Å². The quantitative estimate of drug-likeness (QED) is 0.231. The molecule has 9 nitrogen and oxygen atoms in total. The standard InChI is InChI=1S/C28H43ClN4O5/c1-2-36-26-16-25(30)24(29)15-23(26)28(35)31-17-22-18-32(13-14-37-22)11-5-3-4-9-27(34)38-21-8-6-7-20-10-12-33(20)19-21/h15-16,20-22H,2-14,17-19,30H2,1H3,(H,31,35)/t20?,21-,22?/m1/s1. The van der Waals surface area contributed by atoms with Gasteiger partial charge in [0.1, 0.15) is 11.9 Å². The molecule has 0 bridgehead atoms. The van der Waals surface area contributed by atoms with Crippen molar-refractivity contribution < 1.29 is 23.8 Å². The molecule has 3 aliphatic heterocycles. The molecule has 10 heteroatoms. The van der Waals surface area contributed by atoms with Gasteiger partial charge in [-0.1, -0.05) is 18.0 Å². The van der Waals surface area contributed by atoms with Gasteiger partial charge in [-0.2, -0.15) is 0 Å². The van der Waals surface area contributed by atoms with Gasteiger partial charge in [0, 0.05) is 51.3 Å². The Morgan fingerprint density at radius 3 is 2.82 bits per heavy atom. The predicted octanol–water partition coefficient (Wildman–Crippen LogP) is 3.48. The molecule has 3 heterocycles. The highest BCUT2D eigenvalue weighted by Crippen LogP contribution is 2.29. The van der Waals surface area contributed by atoms with Crippen LogP contribution in [0, 0.1) is 0 Å². The molecule has 3 N–H and O–H groups in total. The van der Waals surface area contributed by atoms with Crippen molar-refractivity contribution in [3.8, 4) is 5.75 Å². The number of rotatable bonds is 12. The van der Waals surface area contributed by atoms with Gasteiger partial charge in [0.2, 0.25) is 0 Å². The third-order valence-corrected chi connectivity index (χ3v) is 8.10. The lowest BCUT2D eigenvalue weighted by Crippen LogP contribution is -2.49. The zero-order valence-corrected chi connectivity index (χ0v) is 23.3. The van der Waals surface area contributed by atoms with Crippen LogP contribution < -0.4 is 15.8 Å². The van der Waals surface area contributed by atoms with Crippen molar-refractivity contribution in [2.75, 3.05) is 58.2 Å². The number of ether oxygens (including phenoxy) is 3. The minimum atomic E-state index is -0.267. The number of hydrogen-bond donors (Lipinski definition) is 2. The van der Waals surface area contributed by atoms with E-state index in [2.05, 4.69) is 15.1 Å². The molecule has 212 valence electrons. The van der Waals surface area contributed by atoms with E-state index in [1.807, 2.05) is 6.92 Å². The Morgan fingerprint density at radius 2 is 2.03 bits per heavy atom. The van der Waals surface area contributed by atoms with E-state index in [1.165, 1.54) is 12.8 Å². The van der Waals surface area contributed by atoms with Gasteiger partial charge in [-0.25, -0.2) is 0 Å². The van der Waals surface area contributed by atoms with Gasteiger partial charge in [0.05, 0.1) is 35.6 Å². The maximum atomic E-state index is 12.8. The minimum Gasteiger partial charge on any atom is -0.493 e. The van der Waals surface area contributed by atoms with Crippen molar-refractivity contribution in [1.29, 1.82) is 0 Å². The Hall–Kier alpha value is -2.07. The van der Waals surface area contributed by atoms with Crippen LogP contribution in [-0.4, -0.2) is 92.4 Å². The van der Waals surface area contributed by atoms with Crippen molar-refractivity contribution in [3.63, 3.8) is 0 Å². The van der Waals surface area contributed by atoms with E-state index in [9.17, 15) is 9.59 Å². The summed E-state index contributed by atoms with van der Waals surface area (Å²) in [7, 11) is 0. The Labute approximate surface area is 231 Å². The van der Waals surface area contributed by atoms with Gasteiger partial charge < -0.3 is 25.3 Å². The fraction of sp³-hybridized carbons (Fsp3) is 0.714. The second-order valence-corrected chi connectivity index (χ2v) is 11.0. The highest BCUT2D eigenvalue weighted by molar-refractivity contribution is 6.33. The first-order valence-electron chi connectivity index (χ1n) is 14.2. The summed E-state index contributed by atoms with van der Waals surface area (Å²) in [6.07, 6.45) is 8.05. The number of carbonyl (C=O) groups excluding carboxylic acids is 2. The molecule has 0 radical (unpaired) electrons. The van der Waals surface area contributed by atoms with Gasteiger partial charge in [0.25, 0.3) is 5.91 Å². The molecule has 3 aliphatic rings. The van der Waals surface area contributed by atoms with E-state index < -0.39 is 0 Å². The minimum absolute atomic E-state index is 0.0500. The number of benzene rings is 1. The van der Waals surface area contributed by atoms with Gasteiger partial charge >= 0.3 is 5.97 Å². The number of amides is 1. The summed E-state index contributed by atoms with van der Waals surface area (Å²) >= 11 is 6.13. The Kier molecular flexibility index (Phi) is 10.9. The summed E-state index contributed by atoms with van der Waals surface area (Å²) in [5.74, 6) is 0.100. The third kappa shape index (κ3) is 8.21. The number of nitrogen functional groups attached to an aromatic ring is 1. The average Bonchev–Trinajstić information content (AvgIpc) is 3.02. The van der Waals surface area contributed by atoms with E-state index in [4.69, 9.17) is 31.5 Å². The predicted molar refractivity (Wildman–Crippen MR) is 148 cm³/mol. The van der Waals surface area contributed by atoms with Crippen LogP contribution in [0.15, 0.2) is 12.1 Å². The van der Waals surface area contributed by atoms with Crippen molar-refractivity contribution in [2.24, 2.45) is 0 Å². The first-order chi connectivity index (χ1) is 18.4. The van der Waals surface area contributed by atoms with Gasteiger partial charge in [0.15, 0.2) is 0 Å². The molecule has 1 aromatic rings. The summed E-state index contributed by atoms with van der Waals surface area (Å²) in [6.45, 7) is 7.93. The Morgan fingerprint density at radius 1 is 1.16 bits per heavy atom. The Balaban J connectivity index is 1.11. The van der Waals surface area contributed by atoms with Crippen LogP contribution in [0.3, 0.4) is 0 Å². The van der Waals surface area contributed by atoms with Crippen molar-refractivity contribution >= 4 is 29.2 Å². The molecule has 0 aliphatic carbocycles. The second-order valence-electron chi connectivity index (χ2n) is 10.6. The van der Waals surface area contributed by atoms with Gasteiger partial charge in [-0.3, -0.25) is 19.4 Å². The summed E-state index contributed by atoms with van der Waals surface area (Å²) < 4.78 is 17.2. The SMILES string of the molecule is CCOc1cc(N)c(Cl)cc1C(=O)NCC1CN(CCCCCC(=O)O[C@@H]2CCCC3CCN3C2)CCO1. The summed E-state index contributed by atoms with van der Waals surface area (Å²) in [6, 6.07) is 3.85. The molecule has 0 aromatic heterocycles. The molecule has 38 heavy (non-hydrogen) atoms. The Bertz CT molecular complexity index is 948. The molecule has 3 saturated heterocycles. The average molecular weight is 551 g/mol. The number of halogens is 1. The molecule has 3 fully saturated rings. The number of hydrogen-bond acceptors (Lipinski definition) is 8. The molecule has 3 atom stereocenters. The van der Waals surface area contributed by atoms with Crippen LogP contribution in [0.4, 0.5) is 5.69 Å². The maximum Gasteiger partial charge on any atom is 0.306 e. The number of unbranched alkanes of at least 4 members (excludes halogenated alkanes) is 2. The first-order valence-corrected chi connectivity index (χ1v) is 14.6. The van der Waals surface area contributed by atoms with Crippen molar-refractivity contribution in [3.05, 3.63) is 22.7 Å². The van der Waals surface area contributed by atoms with E-state index in [-0.39, 0.29) is 24.1 Å². The van der Waals surface area contributed by atoms with Crippen molar-refractivity contribution in [2.45, 2.75) is 76.5 Å². The zero-order valence-electron chi connectivity index (χ0n) is 22.6. The van der Waals surface area contributed by atoms with Gasteiger partial charge in [-0.05, 0) is 58.1 Å². The fourth-order valence-electron chi connectivity index (χ4n) is 5.55. The highest BCUT2D eigenvalue weighted by Gasteiger charge is 2.33. The third-order valence-electron chi connectivity index (χ3n) is 7.78. The molecule has 4 rings (SSSR count). The highest BCUT2D eigenvalue weighted by atomic mass is 35.5. The lowest BCUT2D eigenvalue weighted by molar-refractivity contribution is -0.150. The lowest BCUT2D eigenvalue weighted by atomic mass is 10.00. The molecular weight excluding hydrogens is 508 g/mol. The van der Waals surface area contributed by atoms with Gasteiger partial charge in [-0.15, -0.1) is 0 Å². The number of nitrogens with one attached hydrogen (secondary N) is 1. The number of nitrogens with two attached hydrogens (primary N) is 1.